The van der Waals surface area contributed by atoms with E-state index < -0.39 is 5.60 Å². The number of halogens is 1. The minimum atomic E-state index is -0.486. The van der Waals surface area contributed by atoms with E-state index in [9.17, 15) is 4.79 Å². The molecule has 0 N–H and O–H groups in total. The van der Waals surface area contributed by atoms with Crippen molar-refractivity contribution in [2.75, 3.05) is 31.1 Å². The third kappa shape index (κ3) is 4.19. The first-order chi connectivity index (χ1) is 14.2. The molecule has 0 bridgehead atoms. The van der Waals surface area contributed by atoms with Gasteiger partial charge in [0.25, 0.3) is 0 Å². The fraction of sp³-hybridized carbons (Fsp3) is 0.455. The number of hydrogen-bond donors (Lipinski definition) is 0. The molecule has 0 unspecified atom stereocenters. The molecule has 4 rings (SSSR count). The number of carbonyl (C=O) groups is 1. The first-order valence-electron chi connectivity index (χ1n) is 9.99. The number of rotatable bonds is 2. The summed E-state index contributed by atoms with van der Waals surface area (Å²) in [5, 5.41) is 9.46. The molecule has 2 aromatic rings. The number of carbonyl (C=O) groups excluding carboxylic acids is 1. The Morgan fingerprint density at radius 2 is 1.80 bits per heavy atom. The maximum atomic E-state index is 12.4. The van der Waals surface area contributed by atoms with Gasteiger partial charge in [0.1, 0.15) is 5.60 Å². The predicted molar refractivity (Wildman–Crippen MR) is 114 cm³/mol. The van der Waals surface area contributed by atoms with Gasteiger partial charge in [-0.2, -0.15) is 5.26 Å². The zero-order chi connectivity index (χ0) is 21.5. The van der Waals surface area contributed by atoms with Gasteiger partial charge in [-0.3, -0.25) is 0 Å². The largest absolute Gasteiger partial charge is 0.444 e. The van der Waals surface area contributed by atoms with E-state index >= 15 is 0 Å². The molecule has 0 radical (unpaired) electrons. The lowest BCUT2D eigenvalue weighted by Gasteiger charge is -2.26. The second-order valence-electron chi connectivity index (χ2n) is 8.87. The number of likely N-dealkylation sites (tertiary alicyclic amines) is 1. The van der Waals surface area contributed by atoms with Crippen molar-refractivity contribution in [3.05, 3.63) is 41.0 Å². The number of hydrogen-bond acceptors (Lipinski definition) is 6. The second kappa shape index (κ2) is 7.77. The molecule has 1 aromatic carbocycles. The highest BCUT2D eigenvalue weighted by Crippen LogP contribution is 2.35. The Balaban J connectivity index is 1.46. The maximum absolute atomic E-state index is 12.4. The first kappa shape index (κ1) is 20.4. The smallest absolute Gasteiger partial charge is 0.410 e. The monoisotopic (exact) mass is 425 g/mol. The van der Waals surface area contributed by atoms with Crippen LogP contribution in [0.2, 0.25) is 5.02 Å². The Bertz CT molecular complexity index is 982. The van der Waals surface area contributed by atoms with Gasteiger partial charge in [0.05, 0.1) is 28.5 Å². The van der Waals surface area contributed by atoms with Gasteiger partial charge in [-0.25, -0.2) is 14.8 Å². The van der Waals surface area contributed by atoms with E-state index in [4.69, 9.17) is 26.6 Å². The lowest BCUT2D eigenvalue weighted by molar-refractivity contribution is 0.0282. The Kier molecular flexibility index (Phi) is 5.29. The second-order valence-corrected chi connectivity index (χ2v) is 9.27. The van der Waals surface area contributed by atoms with Crippen molar-refractivity contribution in [2.45, 2.75) is 26.4 Å². The van der Waals surface area contributed by atoms with Crippen molar-refractivity contribution in [2.24, 2.45) is 11.8 Å². The van der Waals surface area contributed by atoms with Crippen LogP contribution < -0.4 is 4.90 Å². The Morgan fingerprint density at radius 3 is 2.37 bits per heavy atom. The van der Waals surface area contributed by atoms with Gasteiger partial charge in [0.2, 0.25) is 5.95 Å². The molecule has 2 aliphatic heterocycles. The summed E-state index contributed by atoms with van der Waals surface area (Å²) in [5.41, 5.74) is 1.60. The highest BCUT2D eigenvalue weighted by atomic mass is 35.5. The Labute approximate surface area is 181 Å². The van der Waals surface area contributed by atoms with E-state index in [2.05, 4.69) is 16.0 Å². The molecule has 156 valence electrons. The van der Waals surface area contributed by atoms with Crippen molar-refractivity contribution in [3.8, 4) is 17.3 Å². The van der Waals surface area contributed by atoms with Crippen molar-refractivity contribution < 1.29 is 9.53 Å². The molecule has 1 aromatic heterocycles. The molecule has 2 saturated heterocycles. The number of amides is 1. The minimum Gasteiger partial charge on any atom is -0.444 e. The molecule has 7 nitrogen and oxygen atoms in total. The van der Waals surface area contributed by atoms with E-state index in [1.165, 1.54) is 0 Å². The summed E-state index contributed by atoms with van der Waals surface area (Å²) < 4.78 is 5.51. The van der Waals surface area contributed by atoms with Crippen LogP contribution in [-0.2, 0) is 4.74 Å². The zero-order valence-electron chi connectivity index (χ0n) is 17.3. The Hall–Kier alpha value is -2.85. The van der Waals surface area contributed by atoms with Crippen LogP contribution >= 0.6 is 11.6 Å². The van der Waals surface area contributed by atoms with Crippen molar-refractivity contribution in [1.82, 2.24) is 14.9 Å². The van der Waals surface area contributed by atoms with Crippen LogP contribution in [0.4, 0.5) is 10.7 Å². The van der Waals surface area contributed by atoms with Gasteiger partial charge in [-0.1, -0.05) is 23.7 Å². The van der Waals surface area contributed by atoms with E-state index in [1.54, 1.807) is 18.3 Å². The standard InChI is InChI=1S/C22H24ClN5O2/c1-22(2,3)30-21(29)28-12-16-10-27(11-17(16)13-28)20-25-9-18(23)19(26-20)15-6-4-14(8-24)5-7-15/h4-7,9,16-17H,10-13H2,1-3H3/t16-,17+. The lowest BCUT2D eigenvalue weighted by atomic mass is 10.0. The first-order valence-corrected chi connectivity index (χ1v) is 10.4. The average molecular weight is 426 g/mol. The molecule has 0 saturated carbocycles. The SMILES string of the molecule is CC(C)(C)OC(=O)N1C[C@@H]2CN(c3ncc(Cl)c(-c4ccc(C#N)cc4)n3)C[C@@H]2C1. The van der Waals surface area contributed by atoms with E-state index in [-0.39, 0.29) is 6.09 Å². The number of aromatic nitrogens is 2. The topological polar surface area (TPSA) is 82.4 Å². The summed E-state index contributed by atoms with van der Waals surface area (Å²) >= 11 is 6.35. The fourth-order valence-electron chi connectivity index (χ4n) is 4.05. The van der Waals surface area contributed by atoms with Crippen molar-refractivity contribution >= 4 is 23.6 Å². The number of anilines is 1. The van der Waals surface area contributed by atoms with Gasteiger partial charge in [-0.15, -0.1) is 0 Å². The maximum Gasteiger partial charge on any atom is 0.410 e. The molecule has 30 heavy (non-hydrogen) atoms. The number of fused-ring (bicyclic) bond motifs is 1. The molecule has 2 atom stereocenters. The summed E-state index contributed by atoms with van der Waals surface area (Å²) in [7, 11) is 0. The van der Waals surface area contributed by atoms with Crippen molar-refractivity contribution in [1.29, 1.82) is 5.26 Å². The van der Waals surface area contributed by atoms with Crippen LogP contribution in [-0.4, -0.2) is 52.7 Å². The van der Waals surface area contributed by atoms with Gasteiger partial charge in [0.15, 0.2) is 0 Å². The molecule has 2 fully saturated rings. The van der Waals surface area contributed by atoms with Crippen LogP contribution in [0.3, 0.4) is 0 Å². The zero-order valence-corrected chi connectivity index (χ0v) is 18.1. The molecule has 0 spiro atoms. The molecule has 0 aliphatic carbocycles. The summed E-state index contributed by atoms with van der Waals surface area (Å²) in [6.45, 7) is 8.60. The fourth-order valence-corrected chi connectivity index (χ4v) is 4.25. The van der Waals surface area contributed by atoms with Crippen LogP contribution in [0.1, 0.15) is 26.3 Å². The third-order valence-electron chi connectivity index (χ3n) is 5.44. The van der Waals surface area contributed by atoms with E-state index in [0.29, 0.717) is 47.2 Å². The number of ether oxygens (including phenoxy) is 1. The van der Waals surface area contributed by atoms with Gasteiger partial charge in [-0.05, 0) is 32.9 Å². The van der Waals surface area contributed by atoms with Crippen LogP contribution in [0.25, 0.3) is 11.3 Å². The van der Waals surface area contributed by atoms with Crippen molar-refractivity contribution in [3.63, 3.8) is 0 Å². The molecular formula is C22H24ClN5O2. The quantitative estimate of drug-likeness (QED) is 0.723. The molecule has 3 heterocycles. The highest BCUT2D eigenvalue weighted by Gasteiger charge is 2.43. The molecule has 2 aliphatic rings. The summed E-state index contributed by atoms with van der Waals surface area (Å²) in [6, 6.07) is 9.29. The van der Waals surface area contributed by atoms with Crippen LogP contribution in [0, 0.1) is 23.2 Å². The summed E-state index contributed by atoms with van der Waals surface area (Å²) in [6.07, 6.45) is 1.38. The summed E-state index contributed by atoms with van der Waals surface area (Å²) in [4.78, 5) is 25.5. The normalized spacial score (nSPS) is 20.8. The molecular weight excluding hydrogens is 402 g/mol. The number of benzene rings is 1. The Morgan fingerprint density at radius 1 is 1.17 bits per heavy atom. The van der Waals surface area contributed by atoms with Gasteiger partial charge < -0.3 is 14.5 Å². The predicted octanol–water partition coefficient (Wildman–Crippen LogP) is 3.97. The minimum absolute atomic E-state index is 0.241. The molecule has 1 amide bonds. The lowest BCUT2D eigenvalue weighted by Crippen LogP contribution is -2.37. The van der Waals surface area contributed by atoms with Crippen LogP contribution in [0.5, 0.6) is 0 Å². The number of nitrogens with zero attached hydrogens (tertiary/aromatic N) is 5. The third-order valence-corrected chi connectivity index (χ3v) is 5.72. The van der Waals surface area contributed by atoms with Gasteiger partial charge in [0, 0.05) is 43.6 Å². The molecule has 8 heteroatoms. The highest BCUT2D eigenvalue weighted by molar-refractivity contribution is 6.32. The summed E-state index contributed by atoms with van der Waals surface area (Å²) in [5.74, 6) is 1.38. The van der Waals surface area contributed by atoms with Gasteiger partial charge >= 0.3 is 6.09 Å². The number of nitriles is 1. The van der Waals surface area contributed by atoms with E-state index in [1.807, 2.05) is 37.8 Å². The van der Waals surface area contributed by atoms with Crippen LogP contribution in [0.15, 0.2) is 30.5 Å². The average Bonchev–Trinajstić information content (AvgIpc) is 3.27. The van der Waals surface area contributed by atoms with E-state index in [0.717, 1.165) is 18.7 Å².